The van der Waals surface area contributed by atoms with Crippen molar-refractivity contribution in [2.45, 2.75) is 68.1 Å². The standard InChI is InChI=1S/C29H33ClF3NO6S/c1-15(2)21(28(36)40-3)8-9-29(37)17-5-6-18(29)12-20(11-17)41(38,39)25-10-16(4-7-22(25)30)27(35)34-19-13-23(31)26(33)24(32)14-19/h4,7,10,13-15,17-18,20-21,37H,5-6,8-9,11-12H2,1-3H3,(H,34,35)/t17-,18?,20?,21-,29?/m0/s1. The number of ether oxygens (including phenoxy) is 1. The van der Waals surface area contributed by atoms with Gasteiger partial charge in [-0.25, -0.2) is 21.6 Å². The molecular formula is C29H33ClF3NO6S. The Labute approximate surface area is 242 Å². The molecule has 0 aliphatic heterocycles. The lowest BCUT2D eigenvalue weighted by Gasteiger charge is -2.43. The van der Waals surface area contributed by atoms with Crippen LogP contribution in [0.15, 0.2) is 35.2 Å². The Morgan fingerprint density at radius 2 is 1.68 bits per heavy atom. The van der Waals surface area contributed by atoms with Crippen molar-refractivity contribution in [2.24, 2.45) is 23.7 Å². The summed E-state index contributed by atoms with van der Waals surface area (Å²) in [5, 5.41) is 13.0. The molecule has 0 saturated heterocycles. The number of nitrogens with one attached hydrogen (secondary N) is 1. The Bertz CT molecular complexity index is 1410. The lowest BCUT2D eigenvalue weighted by Crippen LogP contribution is -2.48. The number of amides is 1. The summed E-state index contributed by atoms with van der Waals surface area (Å²) in [6, 6.07) is 4.84. The number of hydrogen-bond donors (Lipinski definition) is 2. The molecule has 2 saturated carbocycles. The highest BCUT2D eigenvalue weighted by atomic mass is 35.5. The number of sulfone groups is 1. The van der Waals surface area contributed by atoms with Crippen LogP contribution in [0.4, 0.5) is 18.9 Å². The van der Waals surface area contributed by atoms with Crippen LogP contribution in [0.25, 0.3) is 0 Å². The smallest absolute Gasteiger partial charge is 0.308 e. The molecule has 2 aliphatic carbocycles. The number of hydrogen-bond acceptors (Lipinski definition) is 6. The van der Waals surface area contributed by atoms with Crippen LogP contribution in [-0.2, 0) is 19.4 Å². The highest BCUT2D eigenvalue weighted by molar-refractivity contribution is 7.92. The molecule has 2 aromatic carbocycles. The number of carbonyl (C=O) groups is 2. The summed E-state index contributed by atoms with van der Waals surface area (Å²) in [4.78, 5) is 24.7. The zero-order chi connectivity index (χ0) is 30.3. The second kappa shape index (κ2) is 11.9. The molecule has 4 rings (SSSR count). The zero-order valence-corrected chi connectivity index (χ0v) is 24.5. The number of carbonyl (C=O) groups excluding carboxylic acids is 2. The first-order valence-corrected chi connectivity index (χ1v) is 15.4. The van der Waals surface area contributed by atoms with Crippen molar-refractivity contribution < 1.29 is 41.0 Å². The van der Waals surface area contributed by atoms with Crippen molar-refractivity contribution in [2.75, 3.05) is 12.4 Å². The van der Waals surface area contributed by atoms with Gasteiger partial charge in [0, 0.05) is 23.4 Å². The van der Waals surface area contributed by atoms with E-state index in [4.69, 9.17) is 16.3 Å². The van der Waals surface area contributed by atoms with Gasteiger partial charge in [-0.2, -0.15) is 0 Å². The van der Waals surface area contributed by atoms with E-state index in [-0.39, 0.29) is 63.7 Å². The van der Waals surface area contributed by atoms with Crippen LogP contribution in [0.3, 0.4) is 0 Å². The number of aliphatic hydroxyl groups is 1. The van der Waals surface area contributed by atoms with E-state index in [0.717, 1.165) is 6.07 Å². The van der Waals surface area contributed by atoms with E-state index < -0.39 is 44.0 Å². The van der Waals surface area contributed by atoms with E-state index in [1.165, 1.54) is 19.2 Å². The van der Waals surface area contributed by atoms with Crippen molar-refractivity contribution in [3.8, 4) is 0 Å². The molecule has 224 valence electrons. The zero-order valence-electron chi connectivity index (χ0n) is 22.9. The highest BCUT2D eigenvalue weighted by Gasteiger charge is 2.55. The summed E-state index contributed by atoms with van der Waals surface area (Å²) in [6.45, 7) is 3.83. The number of halogens is 4. The fourth-order valence-electron chi connectivity index (χ4n) is 6.41. The topological polar surface area (TPSA) is 110 Å². The van der Waals surface area contributed by atoms with Gasteiger partial charge in [-0.3, -0.25) is 9.59 Å². The molecule has 2 N–H and O–H groups in total. The van der Waals surface area contributed by atoms with Gasteiger partial charge >= 0.3 is 5.97 Å². The van der Waals surface area contributed by atoms with Gasteiger partial charge in [-0.15, -0.1) is 0 Å². The summed E-state index contributed by atoms with van der Waals surface area (Å²) in [6.07, 6.45) is 2.48. The maximum atomic E-state index is 13.8. The van der Waals surface area contributed by atoms with E-state index in [0.29, 0.717) is 37.8 Å². The van der Waals surface area contributed by atoms with Gasteiger partial charge in [0.05, 0.1) is 33.8 Å². The van der Waals surface area contributed by atoms with Crippen molar-refractivity contribution >= 4 is 39.0 Å². The summed E-state index contributed by atoms with van der Waals surface area (Å²) in [7, 11) is -2.71. The average Bonchev–Trinajstić information content (AvgIpc) is 3.06. The minimum atomic E-state index is -4.05. The van der Waals surface area contributed by atoms with E-state index in [1.807, 2.05) is 13.8 Å². The highest BCUT2D eigenvalue weighted by Crippen LogP contribution is 2.54. The van der Waals surface area contributed by atoms with Crippen LogP contribution in [0.2, 0.25) is 5.02 Å². The molecule has 3 unspecified atom stereocenters. The van der Waals surface area contributed by atoms with Crippen molar-refractivity contribution in [3.63, 3.8) is 0 Å². The fraction of sp³-hybridized carbons (Fsp3) is 0.517. The van der Waals surface area contributed by atoms with Crippen LogP contribution < -0.4 is 5.32 Å². The molecule has 7 nitrogen and oxygen atoms in total. The molecule has 2 fully saturated rings. The van der Waals surface area contributed by atoms with Gasteiger partial charge in [-0.1, -0.05) is 25.4 Å². The van der Waals surface area contributed by atoms with Crippen LogP contribution in [-0.4, -0.2) is 43.4 Å². The molecule has 2 bridgehead atoms. The minimum Gasteiger partial charge on any atom is -0.469 e. The van der Waals surface area contributed by atoms with Crippen LogP contribution in [0.1, 0.15) is 62.7 Å². The molecule has 0 spiro atoms. The third-order valence-electron chi connectivity index (χ3n) is 8.72. The van der Waals surface area contributed by atoms with E-state index >= 15 is 0 Å². The first-order chi connectivity index (χ1) is 19.2. The Balaban J connectivity index is 1.52. The van der Waals surface area contributed by atoms with Crippen molar-refractivity contribution in [1.29, 1.82) is 0 Å². The molecule has 0 aromatic heterocycles. The molecule has 2 aliphatic rings. The predicted molar refractivity (Wildman–Crippen MR) is 147 cm³/mol. The first-order valence-electron chi connectivity index (χ1n) is 13.5. The molecule has 0 heterocycles. The molecule has 0 radical (unpaired) electrons. The number of fused-ring (bicyclic) bond motifs is 2. The lowest BCUT2D eigenvalue weighted by atomic mass is 9.70. The first kappa shape index (κ1) is 31.3. The molecule has 41 heavy (non-hydrogen) atoms. The largest absolute Gasteiger partial charge is 0.469 e. The number of benzene rings is 2. The van der Waals surface area contributed by atoms with Crippen LogP contribution in [0.5, 0.6) is 0 Å². The van der Waals surface area contributed by atoms with Gasteiger partial charge < -0.3 is 15.2 Å². The Kier molecular flexibility index (Phi) is 9.11. The quantitative estimate of drug-likeness (QED) is 0.267. The average molecular weight is 616 g/mol. The Hall–Kier alpha value is -2.63. The molecule has 12 heteroatoms. The van der Waals surface area contributed by atoms with Gasteiger partial charge in [0.25, 0.3) is 5.91 Å². The minimum absolute atomic E-state index is 0.0214. The van der Waals surface area contributed by atoms with E-state index in [2.05, 4.69) is 5.32 Å². The fourth-order valence-corrected chi connectivity index (χ4v) is 8.81. The summed E-state index contributed by atoms with van der Waals surface area (Å²) in [5.74, 6) is -6.80. The van der Waals surface area contributed by atoms with Crippen LogP contribution >= 0.6 is 11.6 Å². The van der Waals surface area contributed by atoms with Gasteiger partial charge in [0.15, 0.2) is 27.3 Å². The second-order valence-corrected chi connectivity index (χ2v) is 14.0. The predicted octanol–water partition coefficient (Wildman–Crippen LogP) is 5.93. The second-order valence-electron chi connectivity index (χ2n) is 11.4. The monoisotopic (exact) mass is 615 g/mol. The SMILES string of the molecule is COC(=O)[C@@H](CCC1(O)C2CC[C@H]1CC(S(=O)(=O)c1cc(C(=O)Nc3cc(F)c(F)c(F)c3)ccc1Cl)C2)C(C)C. The molecule has 5 atom stereocenters. The van der Waals surface area contributed by atoms with Gasteiger partial charge in [0.1, 0.15) is 0 Å². The maximum absolute atomic E-state index is 13.8. The summed E-state index contributed by atoms with van der Waals surface area (Å²) < 4.78 is 72.9. The Morgan fingerprint density at radius 1 is 1.10 bits per heavy atom. The lowest BCUT2D eigenvalue weighted by molar-refractivity contribution is -0.148. The van der Waals surface area contributed by atoms with Crippen molar-refractivity contribution in [3.05, 3.63) is 58.4 Å². The summed E-state index contributed by atoms with van der Waals surface area (Å²) in [5.41, 5.74) is -1.57. The number of esters is 1. The number of methoxy groups -OCH3 is 1. The summed E-state index contributed by atoms with van der Waals surface area (Å²) >= 11 is 6.28. The van der Waals surface area contributed by atoms with Gasteiger partial charge in [-0.05, 0) is 74.5 Å². The van der Waals surface area contributed by atoms with Crippen molar-refractivity contribution in [1.82, 2.24) is 0 Å². The normalized spacial score (nSPS) is 24.8. The Morgan fingerprint density at radius 3 is 2.22 bits per heavy atom. The number of rotatable bonds is 9. The van der Waals surface area contributed by atoms with E-state index in [9.17, 15) is 36.3 Å². The number of anilines is 1. The molecular weight excluding hydrogens is 583 g/mol. The molecule has 2 aromatic rings. The van der Waals surface area contributed by atoms with Gasteiger partial charge in [0.2, 0.25) is 0 Å². The maximum Gasteiger partial charge on any atom is 0.308 e. The molecule has 1 amide bonds. The third kappa shape index (κ3) is 6.12. The van der Waals surface area contributed by atoms with Crippen LogP contribution in [0, 0.1) is 41.1 Å². The van der Waals surface area contributed by atoms with E-state index in [1.54, 1.807) is 0 Å². The third-order valence-corrected chi connectivity index (χ3v) is 11.4.